The molecule has 0 fully saturated rings. The summed E-state index contributed by atoms with van der Waals surface area (Å²) in [7, 11) is 0.200. The molecule has 0 unspecified atom stereocenters. The first-order valence-electron chi connectivity index (χ1n) is 12.9. The van der Waals surface area contributed by atoms with Crippen molar-refractivity contribution in [1.82, 2.24) is 9.97 Å². The molecule has 0 bridgehead atoms. The zero-order valence-electron chi connectivity index (χ0n) is 30.4. The van der Waals surface area contributed by atoms with E-state index in [1.165, 1.54) is 55.4 Å². The summed E-state index contributed by atoms with van der Waals surface area (Å²) in [6, 6.07) is 0. The summed E-state index contributed by atoms with van der Waals surface area (Å²) in [5, 5.41) is 14.3. The van der Waals surface area contributed by atoms with Crippen LogP contribution in [0.1, 0.15) is 49.4 Å². The Morgan fingerprint density at radius 1 is 0.865 bits per heavy atom. The van der Waals surface area contributed by atoms with E-state index in [4.69, 9.17) is 20.2 Å². The standard InChI is InChI=1S/C8H10N2O2.C8H12O4.C7H10O4.C2H3F3O3S.CH4N2.CH2O3.Cs/c1-5-7(8(11)12-3)6(2)10-4-9-5;1-5(9)7(6(2)11-3)8(10)12-4;1-4(8)6(5(2)9)7(10)11-3;1-8-9(6,7)2(3,4)5;2-1-3;2-1-4-3;/h4H,1-3H3;1-4H3;6H,1-3H3;1H3;1H,(H3,2,3);1,3H;/q;;;;;;+1/p-1/b;7-6+;;;;;. The zero-order chi connectivity index (χ0) is 41.7. The monoisotopic (exact) mass is 898 g/mol. The molecule has 25 heteroatoms. The summed E-state index contributed by atoms with van der Waals surface area (Å²) in [5.74, 6) is -4.12. The quantitative estimate of drug-likeness (QED) is 0.0199. The van der Waals surface area contributed by atoms with Gasteiger partial charge in [-0.3, -0.25) is 33.6 Å². The molecule has 0 atom stereocenters. The fraction of sp³-hybridized carbons (Fsp3) is 0.481. The largest absolute Gasteiger partial charge is 1.00 e. The average molecular weight is 899 g/mol. The molecule has 292 valence electrons. The molecule has 0 saturated heterocycles. The van der Waals surface area contributed by atoms with Gasteiger partial charge in [0.1, 0.15) is 23.2 Å². The van der Waals surface area contributed by atoms with E-state index in [1.807, 2.05) is 0 Å². The zero-order valence-corrected chi connectivity index (χ0v) is 37.5. The molecule has 0 spiro atoms. The number of ketones is 3. The molecule has 1 aromatic rings. The van der Waals surface area contributed by atoms with Crippen LogP contribution >= 0.6 is 0 Å². The van der Waals surface area contributed by atoms with Gasteiger partial charge in [0.15, 0.2) is 23.3 Å². The molecule has 1 aromatic heterocycles. The number of nitrogens with zero attached hydrogens (tertiary/aromatic N) is 2. The van der Waals surface area contributed by atoms with E-state index in [-0.39, 0.29) is 98.5 Å². The fourth-order valence-corrected chi connectivity index (χ4v) is 2.75. The average Bonchev–Trinajstić information content (AvgIpc) is 3.04. The number of ether oxygens (including phenoxy) is 4. The van der Waals surface area contributed by atoms with E-state index < -0.39 is 45.0 Å². The van der Waals surface area contributed by atoms with Crippen molar-refractivity contribution < 1.29 is 157 Å². The summed E-state index contributed by atoms with van der Waals surface area (Å²) in [6.45, 7) is 8.51. The third-order valence-electron chi connectivity index (χ3n) is 4.81. The number of rotatable bonds is 9. The van der Waals surface area contributed by atoms with Gasteiger partial charge in [-0.25, -0.2) is 19.6 Å². The summed E-state index contributed by atoms with van der Waals surface area (Å²) < 4.78 is 73.8. The Balaban J connectivity index is -0.000000127. The maximum Gasteiger partial charge on any atom is 1.00 e. The fourth-order valence-electron chi connectivity index (χ4n) is 2.56. The van der Waals surface area contributed by atoms with Gasteiger partial charge in [0.05, 0.1) is 53.3 Å². The van der Waals surface area contributed by atoms with Gasteiger partial charge in [-0.15, -0.1) is 0 Å². The van der Waals surface area contributed by atoms with Gasteiger partial charge in [0.25, 0.3) is 6.47 Å². The molecule has 0 saturated carbocycles. The molecule has 0 amide bonds. The maximum absolute atomic E-state index is 11.2. The topological polar surface area (TPSA) is 308 Å². The van der Waals surface area contributed by atoms with Crippen molar-refractivity contribution in [3.05, 3.63) is 34.6 Å². The Hall–Kier alpha value is -3.31. The number of carbonyl (C=O) groups is 7. The molecule has 52 heavy (non-hydrogen) atoms. The van der Waals surface area contributed by atoms with Crippen LogP contribution in [0.4, 0.5) is 13.2 Å². The van der Waals surface area contributed by atoms with Crippen LogP contribution in [0.25, 0.3) is 0 Å². The van der Waals surface area contributed by atoms with Crippen LogP contribution in [-0.2, 0) is 66.9 Å². The number of carbonyl (C=O) groups excluding carboxylic acids is 7. The van der Waals surface area contributed by atoms with Crippen molar-refractivity contribution in [3.8, 4) is 0 Å². The summed E-state index contributed by atoms with van der Waals surface area (Å²) >= 11 is 0. The van der Waals surface area contributed by atoms with E-state index in [1.54, 1.807) is 13.8 Å². The summed E-state index contributed by atoms with van der Waals surface area (Å²) in [6.07, 6.45) is 2.18. The number of alkyl halides is 3. The third-order valence-corrected chi connectivity index (χ3v) is 5.81. The molecule has 0 aliphatic heterocycles. The summed E-state index contributed by atoms with van der Waals surface area (Å²) in [5.41, 5.74) is 0.797. The molecule has 3 N–H and O–H groups in total. The van der Waals surface area contributed by atoms with Crippen molar-refractivity contribution in [3.63, 3.8) is 0 Å². The van der Waals surface area contributed by atoms with Gasteiger partial charge in [-0.2, -0.15) is 21.6 Å². The number of esters is 3. The Morgan fingerprint density at radius 3 is 1.42 bits per heavy atom. The minimum absolute atomic E-state index is 0. The van der Waals surface area contributed by atoms with Gasteiger partial charge in [-0.05, 0) is 41.5 Å². The van der Waals surface area contributed by atoms with Crippen molar-refractivity contribution in [2.75, 3.05) is 35.5 Å². The van der Waals surface area contributed by atoms with E-state index in [0.717, 1.165) is 13.4 Å². The van der Waals surface area contributed by atoms with Gasteiger partial charge < -0.3 is 34.8 Å². The number of hydrogen-bond acceptors (Lipinski definition) is 19. The number of nitrogens with two attached hydrogens (primary N) is 1. The van der Waals surface area contributed by atoms with Gasteiger partial charge in [0.2, 0.25) is 0 Å². The number of aromatic nitrogens is 2. The molecule has 0 radical (unpaired) electrons. The van der Waals surface area contributed by atoms with Crippen LogP contribution in [0.5, 0.6) is 0 Å². The number of Topliss-reactive ketones (excluding diaryl/α,β-unsaturated/α-hetero) is 3. The molecule has 0 aromatic carbocycles. The molecular weight excluding hydrogens is 858 g/mol. The molecular formula is C27H40CsF3N4O16S. The van der Waals surface area contributed by atoms with Crippen LogP contribution in [0.3, 0.4) is 0 Å². The Morgan fingerprint density at radius 2 is 1.25 bits per heavy atom. The van der Waals surface area contributed by atoms with E-state index in [9.17, 15) is 50.4 Å². The Labute approximate surface area is 356 Å². The van der Waals surface area contributed by atoms with Crippen LogP contribution in [0.2, 0.25) is 0 Å². The Kier molecular flexibility index (Phi) is 39.2. The first-order valence-corrected chi connectivity index (χ1v) is 14.4. The number of allylic oxidation sites excluding steroid dienone is 1. The first-order chi connectivity index (χ1) is 23.3. The van der Waals surface area contributed by atoms with Gasteiger partial charge >= 0.3 is 102 Å². The predicted octanol–water partition coefficient (Wildman–Crippen LogP) is -3.02. The van der Waals surface area contributed by atoms with Crippen LogP contribution in [0.15, 0.2) is 17.7 Å². The van der Waals surface area contributed by atoms with Crippen molar-refractivity contribution in [2.24, 2.45) is 11.7 Å². The smallest absolute Gasteiger partial charge is 0.662 e. The van der Waals surface area contributed by atoms with E-state index in [0.29, 0.717) is 24.1 Å². The molecule has 0 aliphatic rings. The molecule has 1 rings (SSSR count). The van der Waals surface area contributed by atoms with Crippen LogP contribution in [0, 0.1) is 25.2 Å². The Bertz CT molecular complexity index is 1420. The van der Waals surface area contributed by atoms with Crippen LogP contribution in [-0.4, -0.2) is 108 Å². The van der Waals surface area contributed by atoms with E-state index >= 15 is 0 Å². The van der Waals surface area contributed by atoms with Crippen molar-refractivity contribution in [1.29, 1.82) is 5.41 Å². The second-order valence-corrected chi connectivity index (χ2v) is 9.90. The van der Waals surface area contributed by atoms with Gasteiger partial charge in [0, 0.05) is 0 Å². The third kappa shape index (κ3) is 27.4. The van der Waals surface area contributed by atoms with Crippen molar-refractivity contribution >= 4 is 58.2 Å². The number of halogens is 3. The van der Waals surface area contributed by atoms with Crippen LogP contribution < -0.4 is 79.9 Å². The number of methoxy groups -OCH3 is 4. The summed E-state index contributed by atoms with van der Waals surface area (Å²) in [4.78, 5) is 84.1. The normalized spacial score (nSPS) is 9.92. The second kappa shape index (κ2) is 33.5. The first kappa shape index (κ1) is 60.8. The minimum atomic E-state index is -5.34. The van der Waals surface area contributed by atoms with Gasteiger partial charge in [-0.1, -0.05) is 0 Å². The number of hydrogen-bond donors (Lipinski definition) is 2. The molecule has 20 nitrogen and oxygen atoms in total. The second-order valence-electron chi connectivity index (χ2n) is 8.20. The molecule has 1 heterocycles. The number of aryl methyl sites for hydroxylation is 2. The van der Waals surface area contributed by atoms with Crippen molar-refractivity contribution in [2.45, 2.75) is 47.1 Å². The number of nitrogens with one attached hydrogen (secondary N) is 1. The van der Waals surface area contributed by atoms with E-state index in [2.05, 4.69) is 39.0 Å². The predicted molar refractivity (Wildman–Crippen MR) is 164 cm³/mol. The SMILES string of the molecule is COC(=O)/C(C(C)=O)=C(\C)OC.COC(=O)C(C(C)=O)C(C)=O.COC(=O)c1c(C)ncnc1C.COS(=O)(=O)C(F)(F)F.N=CN.O=CO[O-].[Cs+]. The molecule has 0 aliphatic carbocycles. The minimum Gasteiger partial charge on any atom is -0.662 e. The maximum atomic E-state index is 11.2.